The van der Waals surface area contributed by atoms with Crippen LogP contribution >= 0.6 is 0 Å². The lowest BCUT2D eigenvalue weighted by atomic mass is 9.84. The number of nitriles is 1. The van der Waals surface area contributed by atoms with Crippen molar-refractivity contribution >= 4 is 0 Å². The fourth-order valence-electron chi connectivity index (χ4n) is 2.49. The minimum atomic E-state index is 0.488. The average molecular weight is 216 g/mol. The zero-order chi connectivity index (χ0) is 11.0. The van der Waals surface area contributed by atoms with Crippen LogP contribution in [-0.4, -0.2) is 34.3 Å². The highest BCUT2D eigenvalue weighted by Crippen LogP contribution is 2.30. The molecule has 3 rings (SSSR count). The highest BCUT2D eigenvalue weighted by molar-refractivity contribution is 5.22. The van der Waals surface area contributed by atoms with E-state index in [0.29, 0.717) is 11.6 Å². The van der Waals surface area contributed by atoms with E-state index in [2.05, 4.69) is 16.1 Å². The molecular formula is C12H16N4. The Bertz CT molecular complexity index is 407. The van der Waals surface area contributed by atoms with Gasteiger partial charge in [-0.05, 0) is 18.8 Å². The van der Waals surface area contributed by atoms with E-state index in [0.717, 1.165) is 19.0 Å². The maximum absolute atomic E-state index is 8.72. The van der Waals surface area contributed by atoms with Gasteiger partial charge in [-0.3, -0.25) is 9.58 Å². The Morgan fingerprint density at radius 3 is 2.81 bits per heavy atom. The minimum Gasteiger partial charge on any atom is -0.299 e. The topological polar surface area (TPSA) is 44.9 Å². The lowest BCUT2D eigenvalue weighted by molar-refractivity contribution is 0.0634. The summed E-state index contributed by atoms with van der Waals surface area (Å²) in [6, 6.07) is 2.60. The molecule has 1 saturated heterocycles. The molecule has 0 N–H and O–H groups in total. The number of rotatable bonds is 3. The van der Waals surface area contributed by atoms with Crippen LogP contribution in [0.15, 0.2) is 12.4 Å². The molecule has 0 bridgehead atoms. The summed E-state index contributed by atoms with van der Waals surface area (Å²) in [5, 5.41) is 12.9. The molecule has 0 spiro atoms. The highest BCUT2D eigenvalue weighted by atomic mass is 15.4. The highest BCUT2D eigenvalue weighted by Gasteiger charge is 2.31. The molecule has 0 atom stereocenters. The summed E-state index contributed by atoms with van der Waals surface area (Å²) in [6.07, 6.45) is 7.76. The third-order valence-electron chi connectivity index (χ3n) is 3.78. The number of hydrogen-bond acceptors (Lipinski definition) is 3. The van der Waals surface area contributed by atoms with Gasteiger partial charge >= 0.3 is 0 Å². The van der Waals surface area contributed by atoms with Gasteiger partial charge in [-0.25, -0.2) is 0 Å². The normalized spacial score (nSPS) is 22.4. The van der Waals surface area contributed by atoms with Crippen molar-refractivity contribution in [2.24, 2.45) is 5.92 Å². The fraction of sp³-hybridized carbons (Fsp3) is 0.667. The van der Waals surface area contributed by atoms with E-state index in [9.17, 15) is 0 Å². The van der Waals surface area contributed by atoms with Crippen LogP contribution in [0.3, 0.4) is 0 Å². The smallest absolute Gasteiger partial charge is 0.102 e. The van der Waals surface area contributed by atoms with Crippen LogP contribution in [0, 0.1) is 17.2 Å². The lowest BCUT2D eigenvalue weighted by Crippen LogP contribution is -2.50. The van der Waals surface area contributed by atoms with Crippen molar-refractivity contribution in [1.29, 1.82) is 5.26 Å². The minimum absolute atomic E-state index is 0.488. The van der Waals surface area contributed by atoms with Crippen molar-refractivity contribution in [1.82, 2.24) is 14.7 Å². The first-order valence-electron chi connectivity index (χ1n) is 6.02. The number of likely N-dealkylation sites (tertiary alicyclic amines) is 1. The van der Waals surface area contributed by atoms with Gasteiger partial charge in [-0.15, -0.1) is 0 Å². The van der Waals surface area contributed by atoms with E-state index in [1.807, 2.05) is 10.9 Å². The van der Waals surface area contributed by atoms with Crippen molar-refractivity contribution in [3.63, 3.8) is 0 Å². The second-order valence-electron chi connectivity index (χ2n) is 4.99. The lowest BCUT2D eigenvalue weighted by Gasteiger charge is -2.42. The molecule has 2 fully saturated rings. The standard InChI is InChI=1S/C12H16N4/c13-4-11-5-14-16(7-11)12-8-15(9-12)6-10-2-1-3-10/h5,7,10,12H,1-3,6,8-9H2. The molecule has 0 aromatic carbocycles. The largest absolute Gasteiger partial charge is 0.299 e. The molecule has 1 aliphatic carbocycles. The average Bonchev–Trinajstić information content (AvgIpc) is 2.61. The third kappa shape index (κ3) is 1.72. The van der Waals surface area contributed by atoms with Gasteiger partial charge in [0.05, 0.1) is 17.8 Å². The van der Waals surface area contributed by atoms with Crippen molar-refractivity contribution in [3.05, 3.63) is 18.0 Å². The summed E-state index contributed by atoms with van der Waals surface area (Å²) >= 11 is 0. The second kappa shape index (κ2) is 3.91. The van der Waals surface area contributed by atoms with Gasteiger partial charge in [0.1, 0.15) is 6.07 Å². The second-order valence-corrected chi connectivity index (χ2v) is 4.99. The van der Waals surface area contributed by atoms with Gasteiger partial charge in [0.25, 0.3) is 0 Å². The first-order chi connectivity index (χ1) is 7.85. The quantitative estimate of drug-likeness (QED) is 0.767. The Balaban J connectivity index is 1.50. The summed E-state index contributed by atoms with van der Waals surface area (Å²) in [4.78, 5) is 2.50. The van der Waals surface area contributed by atoms with Gasteiger partial charge in [0, 0.05) is 25.8 Å². The summed E-state index contributed by atoms with van der Waals surface area (Å²) in [5.41, 5.74) is 0.664. The van der Waals surface area contributed by atoms with Crippen LogP contribution in [-0.2, 0) is 0 Å². The Morgan fingerprint density at radius 2 is 2.25 bits per heavy atom. The van der Waals surface area contributed by atoms with E-state index in [4.69, 9.17) is 5.26 Å². The van der Waals surface area contributed by atoms with Crippen molar-refractivity contribution in [2.45, 2.75) is 25.3 Å². The molecular weight excluding hydrogens is 200 g/mol. The maximum atomic E-state index is 8.72. The van der Waals surface area contributed by atoms with Gasteiger partial charge in [0.15, 0.2) is 0 Å². The van der Waals surface area contributed by atoms with E-state index < -0.39 is 0 Å². The predicted octanol–water partition coefficient (Wildman–Crippen LogP) is 1.41. The van der Waals surface area contributed by atoms with Crippen molar-refractivity contribution in [2.75, 3.05) is 19.6 Å². The van der Waals surface area contributed by atoms with E-state index in [1.165, 1.54) is 25.8 Å². The molecule has 2 aliphatic rings. The number of aromatic nitrogens is 2. The van der Waals surface area contributed by atoms with Gasteiger partial charge in [0.2, 0.25) is 0 Å². The number of hydrogen-bond donors (Lipinski definition) is 0. The predicted molar refractivity (Wildman–Crippen MR) is 59.8 cm³/mol. The van der Waals surface area contributed by atoms with Crippen LogP contribution in [0.2, 0.25) is 0 Å². The Morgan fingerprint density at radius 1 is 1.44 bits per heavy atom. The summed E-state index contributed by atoms with van der Waals surface area (Å²) < 4.78 is 1.94. The van der Waals surface area contributed by atoms with E-state index in [1.54, 1.807) is 6.20 Å². The van der Waals surface area contributed by atoms with Crippen molar-refractivity contribution in [3.8, 4) is 6.07 Å². The third-order valence-corrected chi connectivity index (χ3v) is 3.78. The van der Waals surface area contributed by atoms with Gasteiger partial charge in [-0.2, -0.15) is 10.4 Å². The molecule has 4 nitrogen and oxygen atoms in total. The molecule has 0 unspecified atom stereocenters. The van der Waals surface area contributed by atoms with Crippen LogP contribution < -0.4 is 0 Å². The van der Waals surface area contributed by atoms with Crippen LogP contribution in [0.25, 0.3) is 0 Å². The maximum Gasteiger partial charge on any atom is 0.102 e. The molecule has 0 radical (unpaired) electrons. The Labute approximate surface area is 95.5 Å². The molecule has 1 aromatic heterocycles. The summed E-state index contributed by atoms with van der Waals surface area (Å²) in [5.74, 6) is 0.952. The van der Waals surface area contributed by atoms with Gasteiger partial charge < -0.3 is 0 Å². The zero-order valence-electron chi connectivity index (χ0n) is 9.34. The molecule has 2 heterocycles. The van der Waals surface area contributed by atoms with E-state index >= 15 is 0 Å². The molecule has 16 heavy (non-hydrogen) atoms. The Kier molecular flexibility index (Phi) is 2.41. The molecule has 4 heteroatoms. The molecule has 84 valence electrons. The van der Waals surface area contributed by atoms with Crippen LogP contribution in [0.4, 0.5) is 0 Å². The SMILES string of the molecule is N#Cc1cnn(C2CN(CC3CCC3)C2)c1. The van der Waals surface area contributed by atoms with Crippen molar-refractivity contribution < 1.29 is 0 Å². The molecule has 0 amide bonds. The monoisotopic (exact) mass is 216 g/mol. The number of nitrogens with zero attached hydrogens (tertiary/aromatic N) is 4. The summed E-state index contributed by atoms with van der Waals surface area (Å²) in [6.45, 7) is 3.47. The molecule has 1 aromatic rings. The van der Waals surface area contributed by atoms with Crippen LogP contribution in [0.1, 0.15) is 30.9 Å². The Hall–Kier alpha value is -1.34. The first-order valence-corrected chi connectivity index (χ1v) is 6.02. The van der Waals surface area contributed by atoms with Gasteiger partial charge in [-0.1, -0.05) is 6.42 Å². The van der Waals surface area contributed by atoms with Crippen LogP contribution in [0.5, 0.6) is 0 Å². The first kappa shape index (κ1) is 9.86. The summed E-state index contributed by atoms with van der Waals surface area (Å²) in [7, 11) is 0. The fourth-order valence-corrected chi connectivity index (χ4v) is 2.49. The zero-order valence-corrected chi connectivity index (χ0v) is 9.34. The molecule has 1 aliphatic heterocycles. The van der Waals surface area contributed by atoms with E-state index in [-0.39, 0.29) is 0 Å². The molecule has 1 saturated carbocycles.